The topological polar surface area (TPSA) is 78.4 Å². The maximum atomic E-state index is 13.3. The standard InChI is InChI=1S/C25H22N4O3S/c1-16-8-9-17(2)19(14-16)21(30)15-28-25(32)29-20-11-13-33-22(20)23(31)27(24(29)26-28)12-10-18-6-4-3-5-7-18/h3-9,11,13-14H,10,12,15H2,1-2H3. The number of hydrogen-bond donors (Lipinski definition) is 0. The fourth-order valence-electron chi connectivity index (χ4n) is 4.08. The predicted molar refractivity (Wildman–Crippen MR) is 129 cm³/mol. The van der Waals surface area contributed by atoms with Crippen LogP contribution in [0.4, 0.5) is 0 Å². The van der Waals surface area contributed by atoms with Gasteiger partial charge in [-0.2, -0.15) is 0 Å². The van der Waals surface area contributed by atoms with Crippen LogP contribution in [-0.2, 0) is 19.5 Å². The molecule has 0 aliphatic rings. The summed E-state index contributed by atoms with van der Waals surface area (Å²) in [6.07, 6.45) is 0.621. The van der Waals surface area contributed by atoms with Gasteiger partial charge in [0, 0.05) is 12.1 Å². The van der Waals surface area contributed by atoms with Gasteiger partial charge in [0.1, 0.15) is 11.2 Å². The number of aryl methyl sites for hydroxylation is 4. The van der Waals surface area contributed by atoms with Gasteiger partial charge < -0.3 is 0 Å². The van der Waals surface area contributed by atoms with Crippen molar-refractivity contribution in [2.45, 2.75) is 33.4 Å². The van der Waals surface area contributed by atoms with Crippen molar-refractivity contribution >= 4 is 33.1 Å². The van der Waals surface area contributed by atoms with Gasteiger partial charge in [0.2, 0.25) is 5.78 Å². The predicted octanol–water partition coefficient (Wildman–Crippen LogP) is 3.61. The van der Waals surface area contributed by atoms with Crippen molar-refractivity contribution in [1.29, 1.82) is 0 Å². The lowest BCUT2D eigenvalue weighted by Crippen LogP contribution is -2.27. The van der Waals surface area contributed by atoms with E-state index in [0.717, 1.165) is 21.4 Å². The fraction of sp³-hybridized carbons (Fsp3) is 0.200. The Labute approximate surface area is 193 Å². The molecular formula is C25H22N4O3S. The number of fused-ring (bicyclic) bond motifs is 3. The third kappa shape index (κ3) is 3.72. The van der Waals surface area contributed by atoms with Crippen LogP contribution < -0.4 is 11.2 Å². The molecule has 0 bridgehead atoms. The molecular weight excluding hydrogens is 436 g/mol. The second kappa shape index (κ2) is 8.29. The van der Waals surface area contributed by atoms with Crippen molar-refractivity contribution in [2.24, 2.45) is 0 Å². The SMILES string of the molecule is Cc1ccc(C)c(C(=O)Cn2nc3n(CCc4ccccc4)c(=O)c4sccc4n3c2=O)c1. The van der Waals surface area contributed by atoms with E-state index >= 15 is 0 Å². The summed E-state index contributed by atoms with van der Waals surface area (Å²) < 4.78 is 4.63. The van der Waals surface area contributed by atoms with Crippen LogP contribution in [0, 0.1) is 13.8 Å². The number of nitrogens with zero attached hydrogens (tertiary/aromatic N) is 4. The maximum Gasteiger partial charge on any atom is 0.352 e. The molecule has 0 unspecified atom stereocenters. The maximum absolute atomic E-state index is 13.3. The van der Waals surface area contributed by atoms with E-state index in [0.29, 0.717) is 28.7 Å². The van der Waals surface area contributed by atoms with Crippen LogP contribution in [0.1, 0.15) is 27.0 Å². The Kier molecular flexibility index (Phi) is 5.30. The van der Waals surface area contributed by atoms with Gasteiger partial charge in [-0.05, 0) is 48.9 Å². The summed E-state index contributed by atoms with van der Waals surface area (Å²) in [5, 5.41) is 6.24. The first-order chi connectivity index (χ1) is 15.9. The lowest BCUT2D eigenvalue weighted by atomic mass is 10.0. The molecule has 0 radical (unpaired) electrons. The highest BCUT2D eigenvalue weighted by Gasteiger charge is 2.20. The molecule has 7 nitrogen and oxygen atoms in total. The van der Waals surface area contributed by atoms with Crippen LogP contribution in [0.25, 0.3) is 16.0 Å². The molecule has 0 fully saturated rings. The molecule has 3 aromatic heterocycles. The van der Waals surface area contributed by atoms with Crippen molar-refractivity contribution in [3.63, 3.8) is 0 Å². The molecule has 2 aromatic carbocycles. The Bertz CT molecular complexity index is 1620. The summed E-state index contributed by atoms with van der Waals surface area (Å²) in [4.78, 5) is 39.5. The molecule has 0 spiro atoms. The van der Waals surface area contributed by atoms with E-state index < -0.39 is 5.69 Å². The van der Waals surface area contributed by atoms with Crippen LogP contribution in [0.3, 0.4) is 0 Å². The van der Waals surface area contributed by atoms with Crippen LogP contribution in [0.2, 0.25) is 0 Å². The molecule has 5 aromatic rings. The minimum atomic E-state index is -0.430. The number of hydrogen-bond acceptors (Lipinski definition) is 5. The smallest absolute Gasteiger partial charge is 0.292 e. The van der Waals surface area contributed by atoms with Gasteiger partial charge in [-0.1, -0.05) is 48.0 Å². The number of rotatable bonds is 6. The number of benzene rings is 2. The number of Topliss-reactive ketones (excluding diaryl/α,β-unsaturated/α-hetero) is 1. The van der Waals surface area contributed by atoms with Crippen molar-refractivity contribution in [1.82, 2.24) is 18.7 Å². The van der Waals surface area contributed by atoms with E-state index in [1.54, 1.807) is 11.4 Å². The average Bonchev–Trinajstić information content (AvgIpc) is 3.41. The van der Waals surface area contributed by atoms with Crippen LogP contribution in [-0.4, -0.2) is 24.5 Å². The first kappa shape index (κ1) is 21.1. The van der Waals surface area contributed by atoms with Gasteiger partial charge in [0.15, 0.2) is 5.78 Å². The summed E-state index contributed by atoms with van der Waals surface area (Å²) in [5.74, 6) is 0.0575. The Morgan fingerprint density at radius 3 is 2.61 bits per heavy atom. The van der Waals surface area contributed by atoms with Crippen LogP contribution in [0.5, 0.6) is 0 Å². The first-order valence-electron chi connectivity index (χ1n) is 10.7. The zero-order valence-electron chi connectivity index (χ0n) is 18.3. The number of aromatic nitrogens is 4. The number of thiophene rings is 1. The second-order valence-corrected chi connectivity index (χ2v) is 9.06. The highest BCUT2D eigenvalue weighted by molar-refractivity contribution is 7.17. The fourth-order valence-corrected chi connectivity index (χ4v) is 4.91. The number of carbonyl (C=O) groups excluding carboxylic acids is 1. The van der Waals surface area contributed by atoms with E-state index in [2.05, 4.69) is 5.10 Å². The molecule has 166 valence electrons. The number of ketones is 1. The van der Waals surface area contributed by atoms with Crippen LogP contribution >= 0.6 is 11.3 Å². The van der Waals surface area contributed by atoms with Gasteiger partial charge in [-0.3, -0.25) is 14.2 Å². The highest BCUT2D eigenvalue weighted by atomic mass is 32.1. The molecule has 0 saturated heterocycles. The van der Waals surface area contributed by atoms with Crippen molar-refractivity contribution in [2.75, 3.05) is 0 Å². The normalized spacial score (nSPS) is 11.5. The molecule has 33 heavy (non-hydrogen) atoms. The molecule has 0 N–H and O–H groups in total. The molecule has 0 aliphatic carbocycles. The highest BCUT2D eigenvalue weighted by Crippen LogP contribution is 2.18. The summed E-state index contributed by atoms with van der Waals surface area (Å²) in [7, 11) is 0. The van der Waals surface area contributed by atoms with E-state index in [9.17, 15) is 14.4 Å². The molecule has 0 amide bonds. The zero-order valence-corrected chi connectivity index (χ0v) is 19.1. The zero-order chi connectivity index (χ0) is 23.1. The van der Waals surface area contributed by atoms with Crippen LogP contribution in [0.15, 0.2) is 69.6 Å². The van der Waals surface area contributed by atoms with Gasteiger partial charge in [-0.15, -0.1) is 16.4 Å². The third-order valence-corrected chi connectivity index (χ3v) is 6.73. The Hall–Kier alpha value is -3.78. The lowest BCUT2D eigenvalue weighted by Gasteiger charge is -2.08. The summed E-state index contributed by atoms with van der Waals surface area (Å²) >= 11 is 1.30. The van der Waals surface area contributed by atoms with Gasteiger partial charge in [0.25, 0.3) is 5.56 Å². The Morgan fingerprint density at radius 2 is 1.82 bits per heavy atom. The molecule has 5 rings (SSSR count). The average molecular weight is 459 g/mol. The second-order valence-electron chi connectivity index (χ2n) is 8.14. The van der Waals surface area contributed by atoms with Gasteiger partial charge >= 0.3 is 5.69 Å². The summed E-state index contributed by atoms with van der Waals surface area (Å²) in [6.45, 7) is 3.98. The van der Waals surface area contributed by atoms with Crippen molar-refractivity contribution in [3.8, 4) is 0 Å². The minimum Gasteiger partial charge on any atom is -0.292 e. The Balaban J connectivity index is 1.61. The van der Waals surface area contributed by atoms with Crippen molar-refractivity contribution < 1.29 is 4.79 Å². The summed E-state index contributed by atoms with van der Waals surface area (Å²) in [5.41, 5.74) is 3.39. The largest absolute Gasteiger partial charge is 0.352 e. The van der Waals surface area contributed by atoms with E-state index in [1.807, 2.05) is 62.4 Å². The number of carbonyl (C=O) groups is 1. The molecule has 0 saturated carbocycles. The first-order valence-corrected chi connectivity index (χ1v) is 11.6. The molecule has 3 heterocycles. The Morgan fingerprint density at radius 1 is 1.03 bits per heavy atom. The van der Waals surface area contributed by atoms with E-state index in [-0.39, 0.29) is 23.7 Å². The van der Waals surface area contributed by atoms with E-state index in [4.69, 9.17) is 0 Å². The monoisotopic (exact) mass is 458 g/mol. The van der Waals surface area contributed by atoms with Gasteiger partial charge in [0.05, 0.1) is 5.52 Å². The summed E-state index contributed by atoms with van der Waals surface area (Å²) in [6, 6.07) is 17.3. The lowest BCUT2D eigenvalue weighted by molar-refractivity contribution is 0.0965. The molecule has 8 heteroatoms. The third-order valence-electron chi connectivity index (χ3n) is 5.84. The molecule has 0 aliphatic heterocycles. The van der Waals surface area contributed by atoms with Crippen molar-refractivity contribution in [3.05, 3.63) is 103 Å². The minimum absolute atomic E-state index is 0.179. The molecule has 0 atom stereocenters. The van der Waals surface area contributed by atoms with Gasteiger partial charge in [-0.25, -0.2) is 13.9 Å². The van der Waals surface area contributed by atoms with E-state index in [1.165, 1.54) is 20.3 Å². The quantitative estimate of drug-likeness (QED) is 0.364.